The minimum Gasteiger partial charge on any atom is -0.373 e. The molecular weight excluding hydrogens is 509 g/mol. The Hall–Kier alpha value is -4.33. The van der Waals surface area contributed by atoms with E-state index in [0.717, 1.165) is 5.56 Å². The number of hydrogen-bond acceptors (Lipinski definition) is 7. The van der Waals surface area contributed by atoms with Gasteiger partial charge in [-0.1, -0.05) is 35.3 Å². The van der Waals surface area contributed by atoms with E-state index in [2.05, 4.69) is 42.1 Å². The maximum atomic E-state index is 13.6. The molecule has 8 nitrogen and oxygen atoms in total. The van der Waals surface area contributed by atoms with Crippen LogP contribution in [-0.4, -0.2) is 25.4 Å². The molecule has 3 heterocycles. The lowest BCUT2D eigenvalue weighted by Gasteiger charge is -2.20. The van der Waals surface area contributed by atoms with Gasteiger partial charge in [0.2, 0.25) is 5.95 Å². The third-order valence-electron chi connectivity index (χ3n) is 5.35. The van der Waals surface area contributed by atoms with E-state index in [1.807, 2.05) is 0 Å². The second-order valence-corrected chi connectivity index (χ2v) is 8.47. The van der Waals surface area contributed by atoms with Crippen molar-refractivity contribution in [1.29, 1.82) is 5.26 Å². The average molecular weight is 523 g/mol. The number of pyridine rings is 2. The summed E-state index contributed by atoms with van der Waals surface area (Å²) in [5.41, 5.74) is 3.28. The van der Waals surface area contributed by atoms with Crippen LogP contribution in [0.25, 0.3) is 10.9 Å². The third kappa shape index (κ3) is 4.62. The third-order valence-corrected chi connectivity index (χ3v) is 5.91. The van der Waals surface area contributed by atoms with Crippen LogP contribution in [0.1, 0.15) is 22.9 Å². The SMILES string of the molecule is N#Cc1cnc2c(Cl)cc(N[C@@H](c3ccc(F)cc3)c3cn[nH]n3)cc2c1Nc1cnc(F)c(Cl)c1. The first-order valence-corrected chi connectivity index (χ1v) is 11.2. The molecule has 178 valence electrons. The van der Waals surface area contributed by atoms with Crippen molar-refractivity contribution < 1.29 is 8.78 Å². The van der Waals surface area contributed by atoms with Crippen molar-refractivity contribution >= 4 is 51.2 Å². The summed E-state index contributed by atoms with van der Waals surface area (Å²) in [6, 6.07) is 12.4. The van der Waals surface area contributed by atoms with Crippen LogP contribution in [0.4, 0.5) is 25.8 Å². The molecule has 0 saturated heterocycles. The molecule has 3 N–H and O–H groups in total. The van der Waals surface area contributed by atoms with Gasteiger partial charge in [-0.25, -0.2) is 9.37 Å². The summed E-state index contributed by atoms with van der Waals surface area (Å²) < 4.78 is 27.1. The van der Waals surface area contributed by atoms with Gasteiger partial charge in [0.15, 0.2) is 0 Å². The number of nitrogens with one attached hydrogen (secondary N) is 3. The van der Waals surface area contributed by atoms with E-state index < -0.39 is 12.0 Å². The van der Waals surface area contributed by atoms with E-state index in [4.69, 9.17) is 23.2 Å². The molecule has 1 atom stereocenters. The number of benzene rings is 2. The second kappa shape index (κ2) is 9.73. The normalized spacial score (nSPS) is 11.8. The Balaban J connectivity index is 1.61. The zero-order valence-corrected chi connectivity index (χ0v) is 19.6. The van der Waals surface area contributed by atoms with Crippen molar-refractivity contribution in [1.82, 2.24) is 25.4 Å². The van der Waals surface area contributed by atoms with Crippen molar-refractivity contribution in [3.05, 3.63) is 99.7 Å². The van der Waals surface area contributed by atoms with Crippen LogP contribution in [0.5, 0.6) is 0 Å². The molecule has 0 amide bonds. The largest absolute Gasteiger partial charge is 0.373 e. The number of fused-ring (bicyclic) bond motifs is 1. The van der Waals surface area contributed by atoms with Gasteiger partial charge in [-0.05, 0) is 35.9 Å². The number of halogens is 4. The monoisotopic (exact) mass is 522 g/mol. The molecule has 0 bridgehead atoms. The van der Waals surface area contributed by atoms with Gasteiger partial charge in [-0.15, -0.1) is 0 Å². The number of anilines is 3. The molecule has 2 aromatic carbocycles. The lowest BCUT2D eigenvalue weighted by atomic mass is 10.0. The highest BCUT2D eigenvalue weighted by Gasteiger charge is 2.19. The van der Waals surface area contributed by atoms with Gasteiger partial charge in [-0.2, -0.15) is 25.1 Å². The molecule has 0 saturated carbocycles. The Bertz CT molecular complexity index is 1600. The number of rotatable bonds is 6. The topological polar surface area (TPSA) is 115 Å². The van der Waals surface area contributed by atoms with Crippen LogP contribution in [-0.2, 0) is 0 Å². The molecule has 0 fully saturated rings. The summed E-state index contributed by atoms with van der Waals surface area (Å²) >= 11 is 12.4. The molecule has 0 aliphatic rings. The van der Waals surface area contributed by atoms with Crippen molar-refractivity contribution in [2.24, 2.45) is 0 Å². The summed E-state index contributed by atoms with van der Waals surface area (Å²) in [6.07, 6.45) is 4.20. The van der Waals surface area contributed by atoms with Crippen LogP contribution in [0.3, 0.4) is 0 Å². The quantitative estimate of drug-likeness (QED) is 0.229. The molecule has 3 aromatic heterocycles. The number of aromatic amines is 1. The molecule has 5 aromatic rings. The molecule has 0 radical (unpaired) electrons. The van der Waals surface area contributed by atoms with Gasteiger partial charge in [0.05, 0.1) is 50.9 Å². The Kier molecular flexibility index (Phi) is 6.33. The minimum absolute atomic E-state index is 0.174. The lowest BCUT2D eigenvalue weighted by Crippen LogP contribution is -2.13. The Morgan fingerprint density at radius 1 is 0.944 bits per heavy atom. The highest BCUT2D eigenvalue weighted by Crippen LogP contribution is 2.36. The molecule has 36 heavy (non-hydrogen) atoms. The summed E-state index contributed by atoms with van der Waals surface area (Å²) in [6.45, 7) is 0. The predicted molar refractivity (Wildman–Crippen MR) is 132 cm³/mol. The number of H-pyrrole nitrogens is 1. The van der Waals surface area contributed by atoms with Crippen molar-refractivity contribution in [2.45, 2.75) is 6.04 Å². The van der Waals surface area contributed by atoms with Crippen LogP contribution < -0.4 is 10.6 Å². The zero-order valence-electron chi connectivity index (χ0n) is 18.1. The van der Waals surface area contributed by atoms with E-state index in [-0.39, 0.29) is 16.4 Å². The lowest BCUT2D eigenvalue weighted by molar-refractivity contribution is 0.584. The molecule has 0 unspecified atom stereocenters. The fourth-order valence-electron chi connectivity index (χ4n) is 3.70. The van der Waals surface area contributed by atoms with E-state index in [1.54, 1.807) is 30.5 Å². The summed E-state index contributed by atoms with van der Waals surface area (Å²) in [7, 11) is 0. The first-order valence-electron chi connectivity index (χ1n) is 10.4. The predicted octanol–water partition coefficient (Wildman–Crippen LogP) is 6.15. The van der Waals surface area contributed by atoms with Gasteiger partial charge in [0.1, 0.15) is 17.6 Å². The van der Waals surface area contributed by atoms with E-state index >= 15 is 0 Å². The van der Waals surface area contributed by atoms with Crippen molar-refractivity contribution in [2.75, 3.05) is 10.6 Å². The number of nitrogens with zero attached hydrogens (tertiary/aromatic N) is 5. The fraction of sp³-hybridized carbons (Fsp3) is 0.0417. The number of nitriles is 1. The molecule has 5 rings (SSSR count). The molecular formula is C24H14Cl2F2N8. The van der Waals surface area contributed by atoms with Gasteiger partial charge in [0.25, 0.3) is 0 Å². The van der Waals surface area contributed by atoms with Crippen LogP contribution in [0, 0.1) is 23.1 Å². The standard InChI is InChI=1S/C24H14Cl2F2N8/c25-18-6-15(33-22(20-11-32-36-35-20)12-1-3-14(27)4-2-12)5-17-21(13(8-29)9-30-23(17)18)34-16-7-19(26)24(28)31-10-16/h1-7,9-11,22,33H,(H,30,34)(H,32,35,36)/t22-/m0/s1. The molecule has 0 aliphatic carbocycles. The maximum Gasteiger partial charge on any atom is 0.231 e. The highest BCUT2D eigenvalue weighted by molar-refractivity contribution is 6.36. The molecule has 12 heteroatoms. The van der Waals surface area contributed by atoms with Crippen LogP contribution in [0.2, 0.25) is 10.0 Å². The first kappa shape index (κ1) is 23.4. The van der Waals surface area contributed by atoms with E-state index in [9.17, 15) is 14.0 Å². The van der Waals surface area contributed by atoms with Gasteiger partial charge in [-0.3, -0.25) is 4.98 Å². The second-order valence-electron chi connectivity index (χ2n) is 7.66. The zero-order chi connectivity index (χ0) is 25.2. The summed E-state index contributed by atoms with van der Waals surface area (Å²) in [4.78, 5) is 7.94. The molecule has 0 spiro atoms. The van der Waals surface area contributed by atoms with Crippen LogP contribution >= 0.6 is 23.2 Å². The van der Waals surface area contributed by atoms with Crippen molar-refractivity contribution in [3.63, 3.8) is 0 Å². The van der Waals surface area contributed by atoms with Gasteiger partial charge < -0.3 is 10.6 Å². The Morgan fingerprint density at radius 2 is 1.72 bits per heavy atom. The molecule has 0 aliphatic heterocycles. The number of hydrogen-bond donors (Lipinski definition) is 3. The smallest absolute Gasteiger partial charge is 0.231 e. The summed E-state index contributed by atoms with van der Waals surface area (Å²) in [5, 5.41) is 27.4. The van der Waals surface area contributed by atoms with E-state index in [1.165, 1.54) is 30.6 Å². The Labute approximate surface area is 212 Å². The Morgan fingerprint density at radius 3 is 2.42 bits per heavy atom. The van der Waals surface area contributed by atoms with Gasteiger partial charge >= 0.3 is 0 Å². The minimum atomic E-state index is -0.809. The maximum absolute atomic E-state index is 13.6. The van der Waals surface area contributed by atoms with E-state index in [0.29, 0.717) is 38.7 Å². The average Bonchev–Trinajstić information content (AvgIpc) is 3.40. The first-order chi connectivity index (χ1) is 17.4. The fourth-order valence-corrected chi connectivity index (χ4v) is 4.13. The number of aromatic nitrogens is 5. The summed E-state index contributed by atoms with van der Waals surface area (Å²) in [5.74, 6) is -1.18. The van der Waals surface area contributed by atoms with Crippen LogP contribution in [0.15, 0.2) is 61.1 Å². The van der Waals surface area contributed by atoms with Crippen molar-refractivity contribution in [3.8, 4) is 6.07 Å². The van der Waals surface area contributed by atoms with Gasteiger partial charge in [0, 0.05) is 17.3 Å². The highest BCUT2D eigenvalue weighted by atomic mass is 35.5.